The molecule has 1 atom stereocenters. The summed E-state index contributed by atoms with van der Waals surface area (Å²) in [6, 6.07) is 1.42. The maximum atomic E-state index is 13.0. The van der Waals surface area contributed by atoms with Crippen molar-refractivity contribution in [3.8, 4) is 0 Å². The second-order valence-corrected chi connectivity index (χ2v) is 4.26. The molecule has 2 N–H and O–H groups in total. The van der Waals surface area contributed by atoms with E-state index in [9.17, 15) is 4.39 Å². The second kappa shape index (κ2) is 4.04. The average molecular weight is 209 g/mol. The lowest BCUT2D eigenvalue weighted by molar-refractivity contribution is 0.446. The quantitative estimate of drug-likeness (QED) is 0.720. The van der Waals surface area contributed by atoms with Crippen LogP contribution >= 0.6 is 0 Å². The molecule has 0 spiro atoms. The van der Waals surface area contributed by atoms with Crippen molar-refractivity contribution in [3.63, 3.8) is 0 Å². The van der Waals surface area contributed by atoms with Crippen LogP contribution in [0, 0.1) is 11.9 Å². The van der Waals surface area contributed by atoms with Gasteiger partial charge >= 0.3 is 0 Å². The molecule has 1 aromatic rings. The molecular weight excluding hydrogens is 193 g/mol. The summed E-state index contributed by atoms with van der Waals surface area (Å²) in [5.41, 5.74) is 7.14. The van der Waals surface area contributed by atoms with E-state index in [-0.39, 0.29) is 0 Å². The topological polar surface area (TPSA) is 42.2 Å². The van der Waals surface area contributed by atoms with Crippen molar-refractivity contribution in [2.24, 2.45) is 5.92 Å². The van der Waals surface area contributed by atoms with E-state index in [4.69, 9.17) is 5.73 Å². The molecule has 2 rings (SSSR count). The van der Waals surface area contributed by atoms with Gasteiger partial charge in [0.25, 0.3) is 0 Å². The Morgan fingerprint density at radius 3 is 3.13 bits per heavy atom. The van der Waals surface area contributed by atoms with Crippen LogP contribution in [0.1, 0.15) is 19.8 Å². The molecule has 1 saturated heterocycles. The molecule has 0 saturated carbocycles. The van der Waals surface area contributed by atoms with Gasteiger partial charge in [-0.15, -0.1) is 0 Å². The van der Waals surface area contributed by atoms with Crippen molar-refractivity contribution in [2.75, 3.05) is 23.7 Å². The molecule has 0 bridgehead atoms. The minimum absolute atomic E-state index is 0.461. The van der Waals surface area contributed by atoms with Gasteiger partial charge in [0.05, 0.1) is 17.6 Å². The van der Waals surface area contributed by atoms with E-state index in [1.807, 2.05) is 0 Å². The molecule has 4 heteroatoms. The lowest BCUT2D eigenvalue weighted by Gasteiger charge is -2.33. The largest absolute Gasteiger partial charge is 0.396 e. The van der Waals surface area contributed by atoms with Gasteiger partial charge in [0.1, 0.15) is 0 Å². The number of nitrogens with zero attached hydrogens (tertiary/aromatic N) is 2. The number of rotatable bonds is 1. The highest BCUT2D eigenvalue weighted by molar-refractivity contribution is 5.66. The number of halogens is 1. The molecule has 3 nitrogen and oxygen atoms in total. The first-order valence-electron chi connectivity index (χ1n) is 5.33. The normalized spacial score (nSPS) is 21.7. The summed E-state index contributed by atoms with van der Waals surface area (Å²) >= 11 is 0. The number of aromatic nitrogens is 1. The van der Waals surface area contributed by atoms with Gasteiger partial charge in [0, 0.05) is 19.2 Å². The van der Waals surface area contributed by atoms with E-state index >= 15 is 0 Å². The summed E-state index contributed by atoms with van der Waals surface area (Å²) in [7, 11) is 0. The third-order valence-electron chi connectivity index (χ3n) is 2.88. The lowest BCUT2D eigenvalue weighted by Crippen LogP contribution is -2.34. The predicted molar refractivity (Wildman–Crippen MR) is 59.2 cm³/mol. The standard InChI is InChI=1S/C11H16FN3/c1-8-3-2-4-15(7-8)10-5-11(12)14-6-9(10)13/h5-6,8H,2-4,7,13H2,1H3. The van der Waals surface area contributed by atoms with Crippen LogP contribution in [0.4, 0.5) is 15.8 Å². The first kappa shape index (κ1) is 10.2. The van der Waals surface area contributed by atoms with Crippen LogP contribution in [-0.4, -0.2) is 18.1 Å². The summed E-state index contributed by atoms with van der Waals surface area (Å²) in [6.45, 7) is 4.12. The number of piperidine rings is 1. The van der Waals surface area contributed by atoms with E-state index in [0.717, 1.165) is 25.2 Å². The lowest BCUT2D eigenvalue weighted by atomic mass is 10.00. The Bertz CT molecular complexity index is 354. The minimum atomic E-state index is -0.461. The zero-order valence-corrected chi connectivity index (χ0v) is 8.91. The number of pyridine rings is 1. The Morgan fingerprint density at radius 2 is 2.40 bits per heavy atom. The van der Waals surface area contributed by atoms with Gasteiger partial charge in [-0.1, -0.05) is 6.92 Å². The van der Waals surface area contributed by atoms with Crippen molar-refractivity contribution in [1.82, 2.24) is 4.98 Å². The highest BCUT2D eigenvalue weighted by atomic mass is 19.1. The monoisotopic (exact) mass is 209 g/mol. The molecule has 1 fully saturated rings. The zero-order valence-electron chi connectivity index (χ0n) is 8.91. The SMILES string of the molecule is CC1CCCN(c2cc(F)ncc2N)C1. The molecule has 1 unspecified atom stereocenters. The molecule has 0 amide bonds. The summed E-state index contributed by atoms with van der Waals surface area (Å²) < 4.78 is 13.0. The molecule has 1 aromatic heterocycles. The molecule has 0 radical (unpaired) electrons. The smallest absolute Gasteiger partial charge is 0.215 e. The van der Waals surface area contributed by atoms with Crippen LogP contribution in [0.5, 0.6) is 0 Å². The first-order chi connectivity index (χ1) is 7.16. The van der Waals surface area contributed by atoms with Gasteiger partial charge in [-0.25, -0.2) is 4.98 Å². The van der Waals surface area contributed by atoms with Crippen molar-refractivity contribution < 1.29 is 4.39 Å². The number of nitrogens with two attached hydrogens (primary N) is 1. The van der Waals surface area contributed by atoms with Gasteiger partial charge in [0.15, 0.2) is 0 Å². The van der Waals surface area contributed by atoms with Crippen LogP contribution in [0.3, 0.4) is 0 Å². The average Bonchev–Trinajstić information content (AvgIpc) is 2.22. The van der Waals surface area contributed by atoms with Crippen LogP contribution in [0.2, 0.25) is 0 Å². The Hall–Kier alpha value is -1.32. The van der Waals surface area contributed by atoms with Gasteiger partial charge in [-0.3, -0.25) is 0 Å². The summed E-state index contributed by atoms with van der Waals surface area (Å²) in [6.07, 6.45) is 3.78. The van der Waals surface area contributed by atoms with Crippen molar-refractivity contribution in [2.45, 2.75) is 19.8 Å². The molecule has 1 aliphatic rings. The van der Waals surface area contributed by atoms with Crippen molar-refractivity contribution >= 4 is 11.4 Å². The molecule has 15 heavy (non-hydrogen) atoms. The van der Waals surface area contributed by atoms with Crippen molar-refractivity contribution in [3.05, 3.63) is 18.2 Å². The van der Waals surface area contributed by atoms with E-state index in [1.54, 1.807) is 0 Å². The van der Waals surface area contributed by atoms with Gasteiger partial charge in [-0.05, 0) is 18.8 Å². The van der Waals surface area contributed by atoms with Crippen molar-refractivity contribution in [1.29, 1.82) is 0 Å². The van der Waals surface area contributed by atoms with E-state index in [0.29, 0.717) is 11.6 Å². The molecule has 2 heterocycles. The van der Waals surface area contributed by atoms with E-state index < -0.39 is 5.95 Å². The molecule has 0 aliphatic carbocycles. The highest BCUT2D eigenvalue weighted by Crippen LogP contribution is 2.27. The van der Waals surface area contributed by atoms with Gasteiger partial charge < -0.3 is 10.6 Å². The van der Waals surface area contributed by atoms with Gasteiger partial charge in [0.2, 0.25) is 5.95 Å². The first-order valence-corrected chi connectivity index (χ1v) is 5.33. The van der Waals surface area contributed by atoms with Gasteiger partial charge in [-0.2, -0.15) is 4.39 Å². The number of anilines is 2. The fraction of sp³-hybridized carbons (Fsp3) is 0.545. The summed E-state index contributed by atoms with van der Waals surface area (Å²) in [5, 5.41) is 0. The van der Waals surface area contributed by atoms with Crippen LogP contribution in [-0.2, 0) is 0 Å². The fourth-order valence-electron chi connectivity index (χ4n) is 2.11. The highest BCUT2D eigenvalue weighted by Gasteiger charge is 2.18. The van der Waals surface area contributed by atoms with E-state index in [1.165, 1.54) is 18.7 Å². The summed E-state index contributed by atoms with van der Waals surface area (Å²) in [5.74, 6) is 0.187. The molecular formula is C11H16FN3. The molecule has 0 aromatic carbocycles. The number of hydrogen-bond acceptors (Lipinski definition) is 3. The van der Waals surface area contributed by atoms with Crippen LogP contribution in [0.25, 0.3) is 0 Å². The Balaban J connectivity index is 2.24. The predicted octanol–water partition coefficient (Wildman–Crippen LogP) is 2.04. The molecule has 1 aliphatic heterocycles. The fourth-order valence-corrected chi connectivity index (χ4v) is 2.11. The maximum absolute atomic E-state index is 13.0. The Labute approximate surface area is 89.1 Å². The molecule has 82 valence electrons. The van der Waals surface area contributed by atoms with Crippen LogP contribution in [0.15, 0.2) is 12.3 Å². The minimum Gasteiger partial charge on any atom is -0.396 e. The Kier molecular flexibility index (Phi) is 2.75. The third kappa shape index (κ3) is 2.19. The Morgan fingerprint density at radius 1 is 1.60 bits per heavy atom. The maximum Gasteiger partial charge on any atom is 0.215 e. The third-order valence-corrected chi connectivity index (χ3v) is 2.88. The number of nitrogen functional groups attached to an aromatic ring is 1. The van der Waals surface area contributed by atoms with Crippen LogP contribution < -0.4 is 10.6 Å². The second-order valence-electron chi connectivity index (χ2n) is 4.26. The van der Waals surface area contributed by atoms with E-state index in [2.05, 4.69) is 16.8 Å². The number of hydrogen-bond donors (Lipinski definition) is 1. The summed E-state index contributed by atoms with van der Waals surface area (Å²) in [4.78, 5) is 5.68. The zero-order chi connectivity index (χ0) is 10.8.